The summed E-state index contributed by atoms with van der Waals surface area (Å²) in [6.07, 6.45) is -19.0. The maximum Gasteiger partial charge on any atom is 0.217 e. The molecule has 0 radical (unpaired) electrons. The molecule has 1 aliphatic carbocycles. The predicted octanol–water partition coefficient (Wildman–Crippen LogP) is -2.03. The van der Waals surface area contributed by atoms with Crippen molar-refractivity contribution < 1.29 is 54.4 Å². The van der Waals surface area contributed by atoms with Gasteiger partial charge in [-0.3, -0.25) is 4.79 Å². The Balaban J connectivity index is 1.99. The fourth-order valence-electron chi connectivity index (χ4n) is 5.06. The summed E-state index contributed by atoms with van der Waals surface area (Å²) in [5.74, 6) is -0.551. The smallest absolute Gasteiger partial charge is 0.217 e. The van der Waals surface area contributed by atoms with E-state index in [0.29, 0.717) is 0 Å². The molecule has 228 valence electrons. The Morgan fingerprint density at radius 2 is 1.59 bits per heavy atom. The summed E-state index contributed by atoms with van der Waals surface area (Å²) >= 11 is 0. The molecule has 2 saturated heterocycles. The van der Waals surface area contributed by atoms with Gasteiger partial charge < -0.3 is 54.9 Å². The van der Waals surface area contributed by atoms with Gasteiger partial charge in [0.1, 0.15) is 42.7 Å². The van der Waals surface area contributed by atoms with Gasteiger partial charge in [0.2, 0.25) is 5.91 Å². The van der Waals surface area contributed by atoms with Crippen molar-refractivity contribution in [3.05, 3.63) is 31.3 Å². The van der Waals surface area contributed by atoms with Crippen LogP contribution >= 0.6 is 0 Å². The van der Waals surface area contributed by atoms with Crippen LogP contribution in [0.25, 0.3) is 31.3 Å². The third kappa shape index (κ3) is 7.26. The molecule has 7 N–H and O–H groups in total. The van der Waals surface area contributed by atoms with E-state index in [9.17, 15) is 41.0 Å². The molecule has 3 fully saturated rings. The van der Waals surface area contributed by atoms with Gasteiger partial charge in [0.15, 0.2) is 12.6 Å². The number of hydrogen-bond acceptors (Lipinski definition) is 14. The number of aliphatic hydroxyl groups excluding tert-OH is 6. The number of ether oxygens (including phenoxy) is 4. The van der Waals surface area contributed by atoms with E-state index in [4.69, 9.17) is 30.0 Å². The van der Waals surface area contributed by atoms with Crippen LogP contribution in [0.5, 0.6) is 0 Å². The Morgan fingerprint density at radius 3 is 2.17 bits per heavy atom. The van der Waals surface area contributed by atoms with E-state index < -0.39 is 97.7 Å². The maximum atomic E-state index is 11.8. The van der Waals surface area contributed by atoms with Crippen molar-refractivity contribution in [1.29, 1.82) is 0 Å². The van der Waals surface area contributed by atoms with Gasteiger partial charge in [0.05, 0.1) is 43.0 Å². The summed E-state index contributed by atoms with van der Waals surface area (Å²) in [6.45, 7) is 2.07. The summed E-state index contributed by atoms with van der Waals surface area (Å²) in [6, 6.07) is -3.89. The SMILES string of the molecule is CC(=O)N[C@@H]1CC(N=[N+]=[N-])[C@@H](O[C@H]2OC([C@@H](C)O)[C@@H](O)C(O)C2N=[N+]=[N-])C(O[C@@H]2O[C@H](CN=[N+]=[N-])C(O)C2O)C1O. The van der Waals surface area contributed by atoms with Crippen LogP contribution in [0.4, 0.5) is 0 Å². The Kier molecular flexibility index (Phi) is 11.3. The molecular weight excluding hydrogens is 556 g/mol. The Morgan fingerprint density at radius 1 is 0.927 bits per heavy atom. The quantitative estimate of drug-likeness (QED) is 0.0828. The summed E-state index contributed by atoms with van der Waals surface area (Å²) in [5, 5.41) is 76.0. The fraction of sp³-hybridized carbons (Fsp3) is 0.950. The lowest BCUT2D eigenvalue weighted by Gasteiger charge is -2.48. The molecule has 3 aliphatic rings. The minimum Gasteiger partial charge on any atom is -0.391 e. The van der Waals surface area contributed by atoms with Crippen LogP contribution in [-0.4, -0.2) is 135 Å². The Hall–Kier alpha value is -3.00. The molecule has 8 unspecified atom stereocenters. The predicted molar refractivity (Wildman–Crippen MR) is 131 cm³/mol. The second-order valence-corrected chi connectivity index (χ2v) is 9.83. The number of nitrogens with zero attached hydrogens (tertiary/aromatic N) is 9. The molecular formula is C20H32N10O11. The van der Waals surface area contributed by atoms with Crippen molar-refractivity contribution in [2.75, 3.05) is 6.54 Å². The number of rotatable bonds is 10. The molecule has 2 heterocycles. The number of carbonyl (C=O) groups is 1. The molecule has 0 aromatic carbocycles. The second kappa shape index (κ2) is 14.3. The van der Waals surface area contributed by atoms with Crippen LogP contribution in [0.1, 0.15) is 20.3 Å². The van der Waals surface area contributed by atoms with Crippen molar-refractivity contribution in [2.45, 2.75) is 112 Å². The van der Waals surface area contributed by atoms with E-state index in [1.54, 1.807) is 0 Å². The van der Waals surface area contributed by atoms with Crippen molar-refractivity contribution in [2.24, 2.45) is 15.3 Å². The van der Waals surface area contributed by atoms with Crippen molar-refractivity contribution >= 4 is 5.91 Å². The van der Waals surface area contributed by atoms with Crippen molar-refractivity contribution in [3.63, 3.8) is 0 Å². The van der Waals surface area contributed by atoms with Gasteiger partial charge in [-0.05, 0) is 29.9 Å². The van der Waals surface area contributed by atoms with Gasteiger partial charge in [-0.2, -0.15) is 0 Å². The van der Waals surface area contributed by atoms with Crippen LogP contribution in [0.2, 0.25) is 0 Å². The van der Waals surface area contributed by atoms with Crippen LogP contribution in [0, 0.1) is 0 Å². The topological polar surface area (TPSA) is 334 Å². The lowest BCUT2D eigenvalue weighted by molar-refractivity contribution is -0.315. The third-order valence-corrected chi connectivity index (χ3v) is 7.03. The molecule has 1 amide bonds. The minimum absolute atomic E-state index is 0.199. The molecule has 15 atom stereocenters. The van der Waals surface area contributed by atoms with E-state index in [1.807, 2.05) is 0 Å². The molecule has 41 heavy (non-hydrogen) atoms. The minimum atomic E-state index is -1.78. The fourth-order valence-corrected chi connectivity index (χ4v) is 5.06. The highest BCUT2D eigenvalue weighted by molar-refractivity contribution is 5.73. The van der Waals surface area contributed by atoms with Gasteiger partial charge in [-0.1, -0.05) is 15.3 Å². The highest BCUT2D eigenvalue weighted by Gasteiger charge is 2.54. The summed E-state index contributed by atoms with van der Waals surface area (Å²) in [4.78, 5) is 19.8. The largest absolute Gasteiger partial charge is 0.391 e. The number of nitrogens with one attached hydrogen (secondary N) is 1. The number of aliphatic hydroxyl groups is 6. The van der Waals surface area contributed by atoms with Crippen molar-refractivity contribution in [1.82, 2.24) is 5.32 Å². The number of amides is 1. The van der Waals surface area contributed by atoms with Gasteiger partial charge in [0, 0.05) is 21.7 Å². The summed E-state index contributed by atoms with van der Waals surface area (Å²) in [7, 11) is 0. The van der Waals surface area contributed by atoms with Crippen LogP contribution in [-0.2, 0) is 23.7 Å². The molecule has 0 aromatic rings. The molecule has 3 rings (SSSR count). The molecule has 2 aliphatic heterocycles. The van der Waals surface area contributed by atoms with Crippen LogP contribution < -0.4 is 5.32 Å². The molecule has 0 aromatic heterocycles. The summed E-state index contributed by atoms with van der Waals surface area (Å²) in [5.41, 5.74) is 26.8. The maximum absolute atomic E-state index is 11.8. The third-order valence-electron chi connectivity index (χ3n) is 7.03. The highest BCUT2D eigenvalue weighted by atomic mass is 16.7. The molecule has 21 heteroatoms. The van der Waals surface area contributed by atoms with E-state index in [0.717, 1.165) is 0 Å². The Bertz CT molecular complexity index is 1070. The zero-order valence-electron chi connectivity index (χ0n) is 21.8. The number of carbonyl (C=O) groups excluding carboxylic acids is 1. The first-order valence-electron chi connectivity index (χ1n) is 12.5. The van der Waals surface area contributed by atoms with Gasteiger partial charge in [0.25, 0.3) is 0 Å². The van der Waals surface area contributed by atoms with Crippen molar-refractivity contribution in [3.8, 4) is 0 Å². The zero-order valence-corrected chi connectivity index (χ0v) is 21.8. The average Bonchev–Trinajstić information content (AvgIpc) is 3.18. The van der Waals surface area contributed by atoms with Gasteiger partial charge in [-0.15, -0.1) is 0 Å². The molecule has 21 nitrogen and oxygen atoms in total. The first-order valence-corrected chi connectivity index (χ1v) is 12.5. The standard InChI is InChI=1S/C20H32N10O11/c1-5(31)16-14(36)13(35)10(27-30-23)19(39-16)40-17-8(26-29-22)3-7(25-6(2)32)11(33)18(17)41-20-15(37)12(34)9(38-20)4-24-28-21/h5,7-20,31,33-37H,3-4H2,1-2H3,(H,25,32)/t5-,7-,8?,9-,10?,11?,12?,13?,14+,15?,16?,17-,18?,19-,20+/m1/s1. The van der Waals surface area contributed by atoms with E-state index >= 15 is 0 Å². The number of hydrogen-bond donors (Lipinski definition) is 7. The lowest BCUT2D eigenvalue weighted by atomic mass is 9.83. The number of azide groups is 3. The first kappa shape index (κ1) is 32.5. The Labute approximate surface area is 231 Å². The average molecular weight is 589 g/mol. The summed E-state index contributed by atoms with van der Waals surface area (Å²) < 4.78 is 22.9. The zero-order chi connectivity index (χ0) is 30.4. The molecule has 0 bridgehead atoms. The first-order chi connectivity index (χ1) is 19.4. The van der Waals surface area contributed by atoms with Gasteiger partial charge in [-0.25, -0.2) is 0 Å². The highest BCUT2D eigenvalue weighted by Crippen LogP contribution is 2.35. The van der Waals surface area contributed by atoms with E-state index in [1.165, 1.54) is 13.8 Å². The van der Waals surface area contributed by atoms with Gasteiger partial charge >= 0.3 is 0 Å². The monoisotopic (exact) mass is 588 g/mol. The second-order valence-electron chi connectivity index (χ2n) is 9.83. The van der Waals surface area contributed by atoms with E-state index in [2.05, 4.69) is 35.4 Å². The van der Waals surface area contributed by atoms with Crippen LogP contribution in [0.3, 0.4) is 0 Å². The lowest BCUT2D eigenvalue weighted by Crippen LogP contribution is -2.66. The van der Waals surface area contributed by atoms with E-state index in [-0.39, 0.29) is 13.0 Å². The van der Waals surface area contributed by atoms with Crippen LogP contribution in [0.15, 0.2) is 15.3 Å². The molecule has 1 saturated carbocycles. The molecule has 0 spiro atoms. The normalized spacial score (nSPS) is 43.1.